The topological polar surface area (TPSA) is 20.2 Å². The maximum atomic E-state index is 9.26. The molecule has 0 aliphatic heterocycles. The van der Waals surface area contributed by atoms with Gasteiger partial charge in [0, 0.05) is 0 Å². The molecule has 0 spiro atoms. The lowest BCUT2D eigenvalue weighted by Gasteiger charge is -2.04. The molecular weight excluding hydrogens is 460 g/mol. The Labute approximate surface area is 241 Å². The van der Waals surface area contributed by atoms with E-state index in [1.165, 1.54) is 186 Å². The summed E-state index contributed by atoms with van der Waals surface area (Å²) in [5.41, 5.74) is 0. The molecule has 0 aromatic heterocycles. The molecule has 0 saturated heterocycles. The van der Waals surface area contributed by atoms with Crippen molar-refractivity contribution in [2.24, 2.45) is 0 Å². The molecule has 0 aliphatic rings. The standard InChI is InChI=1S/C37H72O/c1-3-4-5-6-7-8-9-10-11-12-13-14-15-16-17-18-19-20-21-22-23-24-25-26-27-28-29-30-31-32-33-34-35-36-37(2)38/h16-17,23-24,37-38H,3-15,18-22,25-36H2,1-2H3/b17-16+,24-23+. The van der Waals surface area contributed by atoms with Gasteiger partial charge in [0.1, 0.15) is 0 Å². The van der Waals surface area contributed by atoms with Gasteiger partial charge in [0.25, 0.3) is 0 Å². The quantitative estimate of drug-likeness (QED) is 0.0674. The summed E-state index contributed by atoms with van der Waals surface area (Å²) < 4.78 is 0. The van der Waals surface area contributed by atoms with Gasteiger partial charge < -0.3 is 5.11 Å². The molecule has 0 aromatic rings. The first-order valence-electron chi connectivity index (χ1n) is 17.8. The summed E-state index contributed by atoms with van der Waals surface area (Å²) in [7, 11) is 0. The molecule has 0 aliphatic carbocycles. The Morgan fingerprint density at radius 1 is 0.368 bits per heavy atom. The van der Waals surface area contributed by atoms with Gasteiger partial charge in [-0.1, -0.05) is 166 Å². The highest BCUT2D eigenvalue weighted by molar-refractivity contribution is 4.83. The summed E-state index contributed by atoms with van der Waals surface area (Å²) in [6, 6.07) is 0. The van der Waals surface area contributed by atoms with Crippen molar-refractivity contribution in [3.8, 4) is 0 Å². The molecule has 0 bridgehead atoms. The first kappa shape index (κ1) is 37.4. The highest BCUT2D eigenvalue weighted by atomic mass is 16.3. The van der Waals surface area contributed by atoms with E-state index in [4.69, 9.17) is 0 Å². The molecule has 0 saturated carbocycles. The second kappa shape index (κ2) is 34.5. The van der Waals surface area contributed by atoms with Gasteiger partial charge >= 0.3 is 0 Å². The van der Waals surface area contributed by atoms with Gasteiger partial charge in [0.15, 0.2) is 0 Å². The van der Waals surface area contributed by atoms with Gasteiger partial charge in [0.05, 0.1) is 6.10 Å². The number of aliphatic hydroxyl groups is 1. The Morgan fingerprint density at radius 2 is 0.605 bits per heavy atom. The number of hydrogen-bond donors (Lipinski definition) is 1. The number of unbranched alkanes of at least 4 members (excludes halogenated alkanes) is 26. The van der Waals surface area contributed by atoms with Crippen molar-refractivity contribution in [1.29, 1.82) is 0 Å². The lowest BCUT2D eigenvalue weighted by molar-refractivity contribution is 0.180. The van der Waals surface area contributed by atoms with Crippen LogP contribution in [0.15, 0.2) is 24.3 Å². The van der Waals surface area contributed by atoms with E-state index >= 15 is 0 Å². The van der Waals surface area contributed by atoms with Gasteiger partial charge in [0.2, 0.25) is 0 Å². The smallest absolute Gasteiger partial charge is 0.0512 e. The average molecular weight is 533 g/mol. The van der Waals surface area contributed by atoms with Crippen molar-refractivity contribution in [2.45, 2.75) is 213 Å². The largest absolute Gasteiger partial charge is 0.393 e. The average Bonchev–Trinajstić information content (AvgIpc) is 2.91. The lowest BCUT2D eigenvalue weighted by Crippen LogP contribution is -1.98. The Bertz CT molecular complexity index is 463. The van der Waals surface area contributed by atoms with Crippen LogP contribution in [0.2, 0.25) is 0 Å². The summed E-state index contributed by atoms with van der Waals surface area (Å²) in [6.45, 7) is 4.20. The molecule has 226 valence electrons. The van der Waals surface area contributed by atoms with E-state index in [-0.39, 0.29) is 6.10 Å². The fourth-order valence-corrected chi connectivity index (χ4v) is 5.39. The zero-order chi connectivity index (χ0) is 27.6. The molecule has 38 heavy (non-hydrogen) atoms. The minimum absolute atomic E-state index is 0.110. The summed E-state index contributed by atoms with van der Waals surface area (Å²) >= 11 is 0. The van der Waals surface area contributed by atoms with Crippen LogP contribution in [-0.2, 0) is 0 Å². The highest BCUT2D eigenvalue weighted by Gasteiger charge is 1.96. The van der Waals surface area contributed by atoms with Gasteiger partial charge in [-0.05, 0) is 64.7 Å². The van der Waals surface area contributed by atoms with Crippen molar-refractivity contribution in [3.05, 3.63) is 24.3 Å². The van der Waals surface area contributed by atoms with E-state index in [9.17, 15) is 5.11 Å². The van der Waals surface area contributed by atoms with Crippen molar-refractivity contribution >= 4 is 0 Å². The molecule has 1 nitrogen and oxygen atoms in total. The fraction of sp³-hybridized carbons (Fsp3) is 0.892. The lowest BCUT2D eigenvalue weighted by atomic mass is 10.0. The van der Waals surface area contributed by atoms with Crippen LogP contribution in [0.25, 0.3) is 0 Å². The summed E-state index contributed by atoms with van der Waals surface area (Å²) in [5.74, 6) is 0. The Hall–Kier alpha value is -0.560. The van der Waals surface area contributed by atoms with Gasteiger partial charge in [-0.15, -0.1) is 0 Å². The Balaban J connectivity index is 3.15. The molecular formula is C37H72O. The molecule has 0 amide bonds. The van der Waals surface area contributed by atoms with Gasteiger partial charge in [-0.2, -0.15) is 0 Å². The Kier molecular flexibility index (Phi) is 34.0. The first-order chi connectivity index (χ1) is 18.8. The van der Waals surface area contributed by atoms with E-state index in [0.29, 0.717) is 0 Å². The number of aliphatic hydroxyl groups excluding tert-OH is 1. The van der Waals surface area contributed by atoms with E-state index < -0.39 is 0 Å². The third kappa shape index (κ3) is 35.4. The van der Waals surface area contributed by atoms with E-state index in [1.807, 2.05) is 6.92 Å². The number of hydrogen-bond acceptors (Lipinski definition) is 1. The molecule has 1 N–H and O–H groups in total. The van der Waals surface area contributed by atoms with Crippen LogP contribution in [0, 0.1) is 0 Å². The maximum absolute atomic E-state index is 9.26. The SMILES string of the molecule is CCCCCCCCCCCCCC/C=C/CCCCC/C=C/CCCCCCCCCCCCC(C)O. The van der Waals surface area contributed by atoms with Crippen LogP contribution in [-0.4, -0.2) is 11.2 Å². The summed E-state index contributed by atoms with van der Waals surface area (Å²) in [6.07, 6.45) is 50.9. The number of allylic oxidation sites excluding steroid dienone is 4. The highest BCUT2D eigenvalue weighted by Crippen LogP contribution is 2.14. The second-order valence-corrected chi connectivity index (χ2v) is 12.2. The molecule has 0 aromatic carbocycles. The van der Waals surface area contributed by atoms with Crippen LogP contribution >= 0.6 is 0 Å². The van der Waals surface area contributed by atoms with Crippen molar-refractivity contribution in [1.82, 2.24) is 0 Å². The fourth-order valence-electron chi connectivity index (χ4n) is 5.39. The van der Waals surface area contributed by atoms with Gasteiger partial charge in [-0.3, -0.25) is 0 Å². The minimum Gasteiger partial charge on any atom is -0.393 e. The Morgan fingerprint density at radius 3 is 0.895 bits per heavy atom. The molecule has 1 unspecified atom stereocenters. The van der Waals surface area contributed by atoms with Gasteiger partial charge in [-0.25, -0.2) is 0 Å². The van der Waals surface area contributed by atoms with E-state index in [2.05, 4.69) is 31.2 Å². The van der Waals surface area contributed by atoms with Crippen molar-refractivity contribution in [3.63, 3.8) is 0 Å². The maximum Gasteiger partial charge on any atom is 0.0512 e. The number of rotatable bonds is 32. The zero-order valence-corrected chi connectivity index (χ0v) is 26.5. The minimum atomic E-state index is -0.110. The van der Waals surface area contributed by atoms with Crippen LogP contribution in [0.3, 0.4) is 0 Å². The molecule has 1 heteroatoms. The third-order valence-electron chi connectivity index (χ3n) is 8.04. The van der Waals surface area contributed by atoms with Crippen molar-refractivity contribution in [2.75, 3.05) is 0 Å². The van der Waals surface area contributed by atoms with Crippen LogP contribution in [0.4, 0.5) is 0 Å². The molecule has 0 rings (SSSR count). The normalized spacial score (nSPS) is 12.8. The second-order valence-electron chi connectivity index (χ2n) is 12.2. The first-order valence-corrected chi connectivity index (χ1v) is 17.8. The zero-order valence-electron chi connectivity index (χ0n) is 26.5. The molecule has 0 fully saturated rings. The molecule has 1 atom stereocenters. The van der Waals surface area contributed by atoms with E-state index in [0.717, 1.165) is 6.42 Å². The van der Waals surface area contributed by atoms with Crippen molar-refractivity contribution < 1.29 is 5.11 Å². The van der Waals surface area contributed by atoms with E-state index in [1.54, 1.807) is 0 Å². The monoisotopic (exact) mass is 533 g/mol. The predicted octanol–water partition coefficient (Wildman–Crippen LogP) is 13.2. The molecule has 0 radical (unpaired) electrons. The van der Waals surface area contributed by atoms with Crippen LogP contribution < -0.4 is 0 Å². The molecule has 0 heterocycles. The third-order valence-corrected chi connectivity index (χ3v) is 8.04. The summed E-state index contributed by atoms with van der Waals surface area (Å²) in [5, 5.41) is 9.26. The van der Waals surface area contributed by atoms with Crippen LogP contribution in [0.1, 0.15) is 206 Å². The summed E-state index contributed by atoms with van der Waals surface area (Å²) in [4.78, 5) is 0. The predicted molar refractivity (Wildman–Crippen MR) is 174 cm³/mol. The van der Waals surface area contributed by atoms with Crippen LogP contribution in [0.5, 0.6) is 0 Å².